The second-order valence-corrected chi connectivity index (χ2v) is 9.02. The number of guanidine groups is 1. The number of rotatable bonds is 8. The molecule has 3 heterocycles. The maximum absolute atomic E-state index is 4.95. The summed E-state index contributed by atoms with van der Waals surface area (Å²) in [5.74, 6) is 1.94. The summed E-state index contributed by atoms with van der Waals surface area (Å²) in [5.41, 5.74) is 2.55. The molecular weight excluding hydrogens is 410 g/mol. The number of benzene rings is 1. The Morgan fingerprint density at radius 3 is 2.45 bits per heavy atom. The van der Waals surface area contributed by atoms with Gasteiger partial charge in [0.1, 0.15) is 5.82 Å². The van der Waals surface area contributed by atoms with E-state index in [1.54, 1.807) is 0 Å². The van der Waals surface area contributed by atoms with E-state index in [1.165, 1.54) is 37.1 Å². The summed E-state index contributed by atoms with van der Waals surface area (Å²) in [7, 11) is 2.18. The third-order valence-electron chi connectivity index (χ3n) is 6.65. The van der Waals surface area contributed by atoms with Gasteiger partial charge in [0.15, 0.2) is 5.96 Å². The van der Waals surface area contributed by atoms with Crippen LogP contribution in [0, 0.1) is 0 Å². The summed E-state index contributed by atoms with van der Waals surface area (Å²) >= 11 is 0. The molecule has 7 heteroatoms. The van der Waals surface area contributed by atoms with Gasteiger partial charge in [0.25, 0.3) is 0 Å². The molecule has 2 aromatic rings. The largest absolute Gasteiger partial charge is 0.357 e. The number of likely N-dealkylation sites (tertiary alicyclic amines) is 1. The molecule has 0 spiro atoms. The molecule has 2 aliphatic heterocycles. The predicted octanol–water partition coefficient (Wildman–Crippen LogP) is 2.73. The van der Waals surface area contributed by atoms with E-state index in [0.29, 0.717) is 12.6 Å². The number of hydrogen-bond acceptors (Lipinski definition) is 5. The maximum atomic E-state index is 4.95. The smallest absolute Gasteiger partial charge is 0.191 e. The van der Waals surface area contributed by atoms with Crippen LogP contribution >= 0.6 is 0 Å². The molecule has 0 radical (unpaired) electrons. The number of anilines is 1. The summed E-state index contributed by atoms with van der Waals surface area (Å²) in [6.07, 6.45) is 4.46. The van der Waals surface area contributed by atoms with Gasteiger partial charge in [-0.2, -0.15) is 0 Å². The highest BCUT2D eigenvalue weighted by Crippen LogP contribution is 2.24. The molecule has 7 nitrogen and oxygen atoms in total. The van der Waals surface area contributed by atoms with Gasteiger partial charge in [0, 0.05) is 51.0 Å². The van der Waals surface area contributed by atoms with Gasteiger partial charge in [0.2, 0.25) is 0 Å². The first kappa shape index (κ1) is 23.5. The Morgan fingerprint density at radius 1 is 0.970 bits per heavy atom. The molecular formula is C26H39N7. The average Bonchev–Trinajstić information content (AvgIpc) is 3.39. The number of hydrogen-bond donors (Lipinski definition) is 2. The lowest BCUT2D eigenvalue weighted by atomic mass is 10.1. The van der Waals surface area contributed by atoms with Gasteiger partial charge in [-0.3, -0.25) is 4.90 Å². The zero-order chi connectivity index (χ0) is 22.9. The molecule has 1 unspecified atom stereocenters. The number of piperazine rings is 1. The van der Waals surface area contributed by atoms with Gasteiger partial charge < -0.3 is 20.4 Å². The Balaban J connectivity index is 1.44. The monoisotopic (exact) mass is 449 g/mol. The Kier molecular flexibility index (Phi) is 8.55. The van der Waals surface area contributed by atoms with E-state index < -0.39 is 0 Å². The lowest BCUT2D eigenvalue weighted by Crippen LogP contribution is -2.45. The predicted molar refractivity (Wildman–Crippen MR) is 137 cm³/mol. The van der Waals surface area contributed by atoms with Crippen molar-refractivity contribution in [3.05, 3.63) is 59.8 Å². The van der Waals surface area contributed by atoms with Crippen LogP contribution in [-0.4, -0.2) is 80.1 Å². The molecule has 1 aromatic carbocycles. The van der Waals surface area contributed by atoms with Crippen LogP contribution in [0.1, 0.15) is 36.9 Å². The van der Waals surface area contributed by atoms with Crippen molar-refractivity contribution < 1.29 is 0 Å². The van der Waals surface area contributed by atoms with Crippen molar-refractivity contribution in [1.29, 1.82) is 0 Å². The van der Waals surface area contributed by atoms with E-state index in [-0.39, 0.29) is 0 Å². The van der Waals surface area contributed by atoms with Crippen molar-refractivity contribution in [2.75, 3.05) is 64.3 Å². The molecule has 2 N–H and O–H groups in total. The Morgan fingerprint density at radius 2 is 1.73 bits per heavy atom. The fourth-order valence-corrected chi connectivity index (χ4v) is 4.74. The molecule has 0 amide bonds. The third kappa shape index (κ3) is 6.45. The van der Waals surface area contributed by atoms with Crippen molar-refractivity contribution in [2.24, 2.45) is 4.99 Å². The summed E-state index contributed by atoms with van der Waals surface area (Å²) in [5, 5.41) is 7.06. The molecule has 2 aliphatic rings. The Hall–Kier alpha value is -2.64. The van der Waals surface area contributed by atoms with E-state index in [4.69, 9.17) is 9.98 Å². The molecule has 0 saturated carbocycles. The quantitative estimate of drug-likeness (QED) is 0.477. The standard InChI is InChI=1S/C26H39N7/c1-3-27-26(30-21-24(32-14-7-8-15-32)22-10-5-4-6-11-22)29-20-23-12-9-13-28-25(23)33-18-16-31(2)17-19-33/h4-6,9-13,24H,3,7-8,14-21H2,1-2H3,(H2,27,29,30). The first-order valence-electron chi connectivity index (χ1n) is 12.4. The Bertz CT molecular complexity index is 871. The highest BCUT2D eigenvalue weighted by Gasteiger charge is 2.23. The lowest BCUT2D eigenvalue weighted by Gasteiger charge is -2.34. The lowest BCUT2D eigenvalue weighted by molar-refractivity contribution is 0.245. The van der Waals surface area contributed by atoms with E-state index in [2.05, 4.69) is 75.7 Å². The number of likely N-dealkylation sites (N-methyl/N-ethyl adjacent to an activating group) is 1. The minimum Gasteiger partial charge on any atom is -0.357 e. The number of aliphatic imine (C=N–C) groups is 1. The van der Waals surface area contributed by atoms with E-state index in [0.717, 1.165) is 51.0 Å². The fourth-order valence-electron chi connectivity index (χ4n) is 4.74. The van der Waals surface area contributed by atoms with Crippen molar-refractivity contribution in [1.82, 2.24) is 25.4 Å². The van der Waals surface area contributed by atoms with Crippen LogP contribution in [0.4, 0.5) is 5.82 Å². The first-order valence-corrected chi connectivity index (χ1v) is 12.4. The molecule has 33 heavy (non-hydrogen) atoms. The van der Waals surface area contributed by atoms with Crippen molar-refractivity contribution in [3.63, 3.8) is 0 Å². The van der Waals surface area contributed by atoms with Crippen LogP contribution in [0.2, 0.25) is 0 Å². The van der Waals surface area contributed by atoms with E-state index in [9.17, 15) is 0 Å². The fraction of sp³-hybridized carbons (Fsp3) is 0.538. The van der Waals surface area contributed by atoms with Gasteiger partial charge in [-0.15, -0.1) is 0 Å². The second kappa shape index (κ2) is 12.0. The van der Waals surface area contributed by atoms with Crippen molar-refractivity contribution >= 4 is 11.8 Å². The Labute approximate surface area is 198 Å². The summed E-state index contributed by atoms with van der Waals surface area (Å²) in [4.78, 5) is 17.0. The van der Waals surface area contributed by atoms with Crippen molar-refractivity contribution in [3.8, 4) is 0 Å². The molecule has 178 valence electrons. The van der Waals surface area contributed by atoms with Gasteiger partial charge in [-0.1, -0.05) is 36.4 Å². The maximum Gasteiger partial charge on any atom is 0.191 e. The van der Waals surface area contributed by atoms with E-state index >= 15 is 0 Å². The van der Waals surface area contributed by atoms with Crippen LogP contribution in [-0.2, 0) is 6.54 Å². The highest BCUT2D eigenvalue weighted by atomic mass is 15.3. The molecule has 0 aliphatic carbocycles. The van der Waals surface area contributed by atoms with Crippen LogP contribution in [0.3, 0.4) is 0 Å². The zero-order valence-corrected chi connectivity index (χ0v) is 20.2. The summed E-state index contributed by atoms with van der Waals surface area (Å²) in [6.45, 7) is 10.9. The minimum absolute atomic E-state index is 0.358. The summed E-state index contributed by atoms with van der Waals surface area (Å²) < 4.78 is 0. The van der Waals surface area contributed by atoms with Gasteiger partial charge >= 0.3 is 0 Å². The normalized spacial score (nSPS) is 19.0. The van der Waals surface area contributed by atoms with Crippen LogP contribution < -0.4 is 15.5 Å². The topological polar surface area (TPSA) is 59.0 Å². The molecule has 2 saturated heterocycles. The van der Waals surface area contributed by atoms with Crippen molar-refractivity contribution in [2.45, 2.75) is 32.4 Å². The zero-order valence-electron chi connectivity index (χ0n) is 20.2. The van der Waals surface area contributed by atoms with Gasteiger partial charge in [-0.25, -0.2) is 9.98 Å². The first-order chi connectivity index (χ1) is 16.2. The highest BCUT2D eigenvalue weighted by molar-refractivity contribution is 5.79. The third-order valence-corrected chi connectivity index (χ3v) is 6.65. The number of pyridine rings is 1. The molecule has 2 fully saturated rings. The number of nitrogens with one attached hydrogen (secondary N) is 2. The molecule has 1 aromatic heterocycles. The van der Waals surface area contributed by atoms with Gasteiger partial charge in [-0.05, 0) is 51.5 Å². The molecule has 4 rings (SSSR count). The number of aromatic nitrogens is 1. The minimum atomic E-state index is 0.358. The second-order valence-electron chi connectivity index (χ2n) is 9.02. The van der Waals surface area contributed by atoms with Crippen LogP contribution in [0.25, 0.3) is 0 Å². The van der Waals surface area contributed by atoms with Gasteiger partial charge in [0.05, 0.1) is 12.6 Å². The van der Waals surface area contributed by atoms with Crippen LogP contribution in [0.5, 0.6) is 0 Å². The molecule has 1 atom stereocenters. The SMILES string of the molecule is CCNC(=NCc1cccnc1N1CCN(C)CC1)NCC(c1ccccc1)N1CCCC1. The average molecular weight is 450 g/mol. The summed E-state index contributed by atoms with van der Waals surface area (Å²) in [6, 6.07) is 15.4. The number of nitrogens with zero attached hydrogens (tertiary/aromatic N) is 5. The molecule has 0 bridgehead atoms. The van der Waals surface area contributed by atoms with Crippen LogP contribution in [0.15, 0.2) is 53.7 Å². The van der Waals surface area contributed by atoms with E-state index in [1.807, 2.05) is 12.3 Å².